The predicted octanol–water partition coefficient (Wildman–Crippen LogP) is 3.19. The Labute approximate surface area is 195 Å². The number of pyridine rings is 1. The minimum Gasteiger partial charge on any atom is -0.394 e. The lowest BCUT2D eigenvalue weighted by atomic mass is 9.77. The molecule has 8 nitrogen and oxygen atoms in total. The highest BCUT2D eigenvalue weighted by atomic mass is 35.5. The molecule has 2 N–H and O–H groups in total. The van der Waals surface area contributed by atoms with E-state index >= 15 is 0 Å². The standard InChI is InChI=1S/C21H26ClN5O3S2/c22-15-11-23-20(24-12-15)14-3-8-32(30,9-4-14)27-18-10-17(26-21(13-28)5-1-6-21)19-16(25-18)2-7-31(19)29/h10-12,14,28H,1-9,13H2,(H,25,26)/t14?,31-,32?/m0/s1. The summed E-state index contributed by atoms with van der Waals surface area (Å²) < 4.78 is 30.7. The maximum atomic E-state index is 13.5. The SMILES string of the molecule is O=[S@]1CCc2nc(N=S3(=O)CCC(c4ncc(Cl)cn4)CC3)cc(NC3(CO)CCC3)c21. The van der Waals surface area contributed by atoms with E-state index in [0.717, 1.165) is 30.8 Å². The van der Waals surface area contributed by atoms with Gasteiger partial charge in [0.1, 0.15) is 5.82 Å². The van der Waals surface area contributed by atoms with Gasteiger partial charge in [-0.15, -0.1) is 0 Å². The van der Waals surface area contributed by atoms with Gasteiger partial charge in [0.15, 0.2) is 5.82 Å². The van der Waals surface area contributed by atoms with E-state index in [0.29, 0.717) is 57.9 Å². The molecule has 32 heavy (non-hydrogen) atoms. The Morgan fingerprint density at radius 3 is 2.62 bits per heavy atom. The fourth-order valence-electron chi connectivity index (χ4n) is 4.59. The summed E-state index contributed by atoms with van der Waals surface area (Å²) in [6.07, 6.45) is 7.96. The van der Waals surface area contributed by atoms with Crippen molar-refractivity contribution in [2.45, 2.75) is 54.9 Å². The summed E-state index contributed by atoms with van der Waals surface area (Å²) in [5, 5.41) is 13.8. The third-order valence-corrected chi connectivity index (χ3v) is 10.6. The van der Waals surface area contributed by atoms with E-state index in [-0.39, 0.29) is 18.1 Å². The number of hydrogen-bond donors (Lipinski definition) is 2. The third kappa shape index (κ3) is 4.30. The molecule has 2 aromatic rings. The number of aromatic nitrogens is 3. The normalized spacial score (nSPS) is 28.6. The first-order valence-electron chi connectivity index (χ1n) is 10.9. The Bertz CT molecular complexity index is 1160. The summed E-state index contributed by atoms with van der Waals surface area (Å²) in [4.78, 5) is 13.9. The van der Waals surface area contributed by atoms with E-state index in [1.807, 2.05) is 0 Å². The topological polar surface area (TPSA) is 117 Å². The van der Waals surface area contributed by atoms with Gasteiger partial charge in [0, 0.05) is 48.1 Å². The lowest BCUT2D eigenvalue weighted by molar-refractivity contribution is 0.144. The summed E-state index contributed by atoms with van der Waals surface area (Å²) in [6.45, 7) is 0.0219. The molecule has 0 radical (unpaired) electrons. The van der Waals surface area contributed by atoms with E-state index in [4.69, 9.17) is 11.6 Å². The average Bonchev–Trinajstić information content (AvgIpc) is 3.12. The lowest BCUT2D eigenvalue weighted by Crippen LogP contribution is -2.48. The summed E-state index contributed by atoms with van der Waals surface area (Å²) >= 11 is 5.88. The molecular formula is C21H26ClN5O3S2. The second kappa shape index (κ2) is 8.62. The van der Waals surface area contributed by atoms with Crippen LogP contribution in [-0.2, 0) is 26.9 Å². The molecule has 3 aliphatic rings. The van der Waals surface area contributed by atoms with Gasteiger partial charge in [0.25, 0.3) is 0 Å². The number of rotatable bonds is 5. The fraction of sp³-hybridized carbons (Fsp3) is 0.571. The average molecular weight is 496 g/mol. The van der Waals surface area contributed by atoms with Crippen LogP contribution in [0.2, 0.25) is 5.02 Å². The van der Waals surface area contributed by atoms with Crippen LogP contribution >= 0.6 is 11.6 Å². The first kappa shape index (κ1) is 22.2. The van der Waals surface area contributed by atoms with Crippen molar-refractivity contribution in [1.29, 1.82) is 0 Å². The molecule has 2 aromatic heterocycles. The Morgan fingerprint density at radius 2 is 2.00 bits per heavy atom. The molecule has 1 saturated carbocycles. The van der Waals surface area contributed by atoms with Crippen molar-refractivity contribution in [3.63, 3.8) is 0 Å². The molecule has 11 heteroatoms. The van der Waals surface area contributed by atoms with Crippen molar-refractivity contribution >= 4 is 43.6 Å². The molecular weight excluding hydrogens is 470 g/mol. The van der Waals surface area contributed by atoms with E-state index in [1.165, 1.54) is 0 Å². The van der Waals surface area contributed by atoms with Gasteiger partial charge in [-0.2, -0.15) is 4.36 Å². The van der Waals surface area contributed by atoms with Crippen LogP contribution in [0, 0.1) is 0 Å². The van der Waals surface area contributed by atoms with E-state index in [1.54, 1.807) is 18.5 Å². The number of anilines is 1. The Balaban J connectivity index is 1.41. The van der Waals surface area contributed by atoms with Gasteiger partial charge in [-0.3, -0.25) is 4.21 Å². The first-order valence-corrected chi connectivity index (χ1v) is 14.4. The zero-order chi connectivity index (χ0) is 22.3. The first-order chi connectivity index (χ1) is 15.4. The van der Waals surface area contributed by atoms with Gasteiger partial charge in [-0.1, -0.05) is 11.6 Å². The van der Waals surface area contributed by atoms with Gasteiger partial charge in [-0.05, 0) is 32.1 Å². The fourth-order valence-corrected chi connectivity index (χ4v) is 8.16. The molecule has 172 valence electrons. The molecule has 1 saturated heterocycles. The third-order valence-electron chi connectivity index (χ3n) is 6.63. The highest BCUT2D eigenvalue weighted by Gasteiger charge is 2.38. The van der Waals surface area contributed by atoms with Crippen molar-refractivity contribution in [3.05, 3.63) is 35.0 Å². The number of hydrogen-bond acceptors (Lipinski definition) is 8. The van der Waals surface area contributed by atoms with E-state index in [2.05, 4.69) is 24.6 Å². The van der Waals surface area contributed by atoms with Crippen molar-refractivity contribution in [3.8, 4) is 0 Å². The second-order valence-electron chi connectivity index (χ2n) is 8.83. The number of aryl methyl sites for hydroxylation is 1. The van der Waals surface area contributed by atoms with Crippen molar-refractivity contribution in [1.82, 2.24) is 15.0 Å². The Hall–Kier alpha value is -1.62. The van der Waals surface area contributed by atoms with E-state index < -0.39 is 20.5 Å². The lowest BCUT2D eigenvalue weighted by Gasteiger charge is -2.42. The van der Waals surface area contributed by atoms with Crippen LogP contribution in [0.4, 0.5) is 11.5 Å². The number of fused-ring (bicyclic) bond motifs is 1. The van der Waals surface area contributed by atoms with Crippen LogP contribution in [0.3, 0.4) is 0 Å². The molecule has 1 aliphatic carbocycles. The highest BCUT2D eigenvalue weighted by molar-refractivity contribution is 7.93. The number of aliphatic hydroxyl groups is 1. The van der Waals surface area contributed by atoms with Gasteiger partial charge in [0.05, 0.1) is 54.0 Å². The maximum absolute atomic E-state index is 13.5. The smallest absolute Gasteiger partial charge is 0.163 e. The second-order valence-corrected chi connectivity index (χ2v) is 13.3. The largest absolute Gasteiger partial charge is 0.394 e. The van der Waals surface area contributed by atoms with Gasteiger partial charge >= 0.3 is 0 Å². The Morgan fingerprint density at radius 1 is 1.28 bits per heavy atom. The highest BCUT2D eigenvalue weighted by Crippen LogP contribution is 2.40. The molecule has 1 atom stereocenters. The molecule has 0 spiro atoms. The molecule has 0 unspecified atom stereocenters. The molecule has 5 rings (SSSR count). The maximum Gasteiger partial charge on any atom is 0.163 e. The zero-order valence-electron chi connectivity index (χ0n) is 17.6. The van der Waals surface area contributed by atoms with Crippen molar-refractivity contribution in [2.24, 2.45) is 4.36 Å². The number of aliphatic hydroxyl groups excluding tert-OH is 1. The minimum atomic E-state index is -2.45. The van der Waals surface area contributed by atoms with Crippen LogP contribution in [0.15, 0.2) is 27.7 Å². The molecule has 2 aliphatic heterocycles. The summed E-state index contributed by atoms with van der Waals surface area (Å²) in [5.74, 6) is 2.74. The van der Waals surface area contributed by atoms with Crippen molar-refractivity contribution < 1.29 is 13.5 Å². The Kier molecular flexibility index (Phi) is 5.98. The number of halogens is 1. The summed E-state index contributed by atoms with van der Waals surface area (Å²) in [7, 11) is -3.57. The molecule has 0 aromatic carbocycles. The van der Waals surface area contributed by atoms with E-state index in [9.17, 15) is 13.5 Å². The summed E-state index contributed by atoms with van der Waals surface area (Å²) in [5.41, 5.74) is 1.09. The molecule has 0 amide bonds. The quantitative estimate of drug-likeness (QED) is 0.653. The van der Waals surface area contributed by atoms with Crippen molar-refractivity contribution in [2.75, 3.05) is 29.2 Å². The van der Waals surface area contributed by atoms with Gasteiger partial charge in [-0.25, -0.2) is 19.2 Å². The molecule has 4 heterocycles. The zero-order valence-corrected chi connectivity index (χ0v) is 20.0. The minimum absolute atomic E-state index is 0.0219. The molecule has 2 fully saturated rings. The molecule has 0 bridgehead atoms. The number of nitrogens with zero attached hydrogens (tertiary/aromatic N) is 4. The van der Waals surface area contributed by atoms with Crippen LogP contribution < -0.4 is 5.32 Å². The van der Waals surface area contributed by atoms with Gasteiger partial charge < -0.3 is 10.4 Å². The van der Waals surface area contributed by atoms with Crippen LogP contribution in [-0.4, -0.2) is 57.9 Å². The van der Waals surface area contributed by atoms with Crippen LogP contribution in [0.25, 0.3) is 0 Å². The predicted molar refractivity (Wildman–Crippen MR) is 125 cm³/mol. The number of nitrogens with one attached hydrogen (secondary N) is 1. The van der Waals surface area contributed by atoms with Gasteiger partial charge in [0.2, 0.25) is 0 Å². The van der Waals surface area contributed by atoms with Crippen LogP contribution in [0.1, 0.15) is 49.5 Å². The van der Waals surface area contributed by atoms with Crippen LogP contribution in [0.5, 0.6) is 0 Å². The monoisotopic (exact) mass is 495 g/mol. The summed E-state index contributed by atoms with van der Waals surface area (Å²) in [6, 6.07) is 1.76.